The average molecular weight is 315 g/mol. The van der Waals surface area contributed by atoms with E-state index in [1.54, 1.807) is 17.3 Å². The molecule has 1 heterocycles. The van der Waals surface area contributed by atoms with Crippen molar-refractivity contribution < 1.29 is 9.90 Å². The number of amides is 1. The molecule has 0 atom stereocenters. The van der Waals surface area contributed by atoms with E-state index in [0.29, 0.717) is 19.5 Å². The highest BCUT2D eigenvalue weighted by atomic mass is 16.3. The number of imidazole rings is 1. The van der Waals surface area contributed by atoms with Crippen LogP contribution in [-0.4, -0.2) is 39.0 Å². The molecular weight excluding hydrogens is 290 g/mol. The summed E-state index contributed by atoms with van der Waals surface area (Å²) >= 11 is 0. The highest BCUT2D eigenvalue weighted by molar-refractivity contribution is 5.76. The third-order valence-corrected chi connectivity index (χ3v) is 3.91. The van der Waals surface area contributed by atoms with Gasteiger partial charge in [-0.05, 0) is 30.4 Å². The van der Waals surface area contributed by atoms with Gasteiger partial charge in [-0.1, -0.05) is 31.2 Å². The smallest absolute Gasteiger partial charge is 0.223 e. The first-order valence-electron chi connectivity index (χ1n) is 8.17. The number of benzene rings is 1. The highest BCUT2D eigenvalue weighted by Gasteiger charge is 2.14. The fourth-order valence-corrected chi connectivity index (χ4v) is 2.52. The fraction of sp³-hybridized carbons (Fsp3) is 0.444. The minimum Gasteiger partial charge on any atom is -0.395 e. The number of rotatable bonds is 9. The molecule has 2 aromatic rings. The summed E-state index contributed by atoms with van der Waals surface area (Å²) in [4.78, 5) is 21.1. The Balaban J connectivity index is 1.80. The second-order valence-corrected chi connectivity index (χ2v) is 5.60. The third kappa shape index (κ3) is 5.53. The Hall–Kier alpha value is -2.14. The minimum atomic E-state index is -0.0368. The molecule has 0 bridgehead atoms. The molecule has 23 heavy (non-hydrogen) atoms. The van der Waals surface area contributed by atoms with Crippen LogP contribution in [0.4, 0.5) is 0 Å². The lowest BCUT2D eigenvalue weighted by molar-refractivity contribution is -0.132. The Morgan fingerprint density at radius 2 is 2.00 bits per heavy atom. The molecule has 2 rings (SSSR count). The van der Waals surface area contributed by atoms with Gasteiger partial charge in [0.2, 0.25) is 5.91 Å². The van der Waals surface area contributed by atoms with Crippen LogP contribution in [0.15, 0.2) is 36.7 Å². The predicted molar refractivity (Wildman–Crippen MR) is 89.8 cm³/mol. The van der Waals surface area contributed by atoms with E-state index < -0.39 is 0 Å². The van der Waals surface area contributed by atoms with Gasteiger partial charge in [0, 0.05) is 25.4 Å². The second kappa shape index (κ2) is 9.10. The molecule has 0 aliphatic rings. The number of carbonyl (C=O) groups is 1. The molecule has 0 spiro atoms. The summed E-state index contributed by atoms with van der Waals surface area (Å²) in [5.74, 6) is 0.794. The van der Waals surface area contributed by atoms with Crippen LogP contribution in [0.3, 0.4) is 0 Å². The van der Waals surface area contributed by atoms with E-state index in [9.17, 15) is 4.79 Å². The highest BCUT2D eigenvalue weighted by Crippen LogP contribution is 2.10. The summed E-state index contributed by atoms with van der Waals surface area (Å²) in [6.07, 6.45) is 6.62. The number of nitrogens with one attached hydrogen (secondary N) is 1. The molecular formula is C18H25N3O2. The van der Waals surface area contributed by atoms with Gasteiger partial charge in [0.15, 0.2) is 0 Å². The van der Waals surface area contributed by atoms with Crippen molar-refractivity contribution in [1.29, 1.82) is 0 Å². The zero-order valence-corrected chi connectivity index (χ0v) is 13.7. The van der Waals surface area contributed by atoms with Crippen molar-refractivity contribution in [3.63, 3.8) is 0 Å². The second-order valence-electron chi connectivity index (χ2n) is 5.60. The van der Waals surface area contributed by atoms with Crippen molar-refractivity contribution in [2.75, 3.05) is 13.2 Å². The zero-order chi connectivity index (χ0) is 16.5. The summed E-state index contributed by atoms with van der Waals surface area (Å²) in [6.45, 7) is 2.86. The van der Waals surface area contributed by atoms with Crippen molar-refractivity contribution >= 4 is 5.91 Å². The van der Waals surface area contributed by atoms with Crippen molar-refractivity contribution in [3.8, 4) is 0 Å². The van der Waals surface area contributed by atoms with Gasteiger partial charge in [-0.3, -0.25) is 4.79 Å². The Kier molecular flexibility index (Phi) is 6.81. The topological polar surface area (TPSA) is 69.2 Å². The van der Waals surface area contributed by atoms with E-state index in [4.69, 9.17) is 5.11 Å². The van der Waals surface area contributed by atoms with E-state index in [-0.39, 0.29) is 12.5 Å². The molecule has 1 amide bonds. The first-order chi connectivity index (χ1) is 11.2. The van der Waals surface area contributed by atoms with Crippen LogP contribution in [0.2, 0.25) is 0 Å². The molecule has 0 aliphatic carbocycles. The Morgan fingerprint density at radius 1 is 1.26 bits per heavy atom. The summed E-state index contributed by atoms with van der Waals surface area (Å²) in [5, 5.41) is 9.14. The van der Waals surface area contributed by atoms with Crippen LogP contribution in [0.1, 0.15) is 36.7 Å². The van der Waals surface area contributed by atoms with Crippen LogP contribution in [-0.2, 0) is 24.2 Å². The van der Waals surface area contributed by atoms with Crippen LogP contribution >= 0.6 is 0 Å². The number of aliphatic hydroxyl groups excluding tert-OH is 1. The molecule has 0 unspecified atom stereocenters. The van der Waals surface area contributed by atoms with Crippen molar-refractivity contribution in [1.82, 2.24) is 14.9 Å². The zero-order valence-electron chi connectivity index (χ0n) is 13.7. The quantitative estimate of drug-likeness (QED) is 0.746. The number of hydrogen-bond acceptors (Lipinski definition) is 3. The number of aromatic nitrogens is 2. The molecule has 0 radical (unpaired) electrons. The maximum atomic E-state index is 12.3. The maximum Gasteiger partial charge on any atom is 0.223 e. The molecule has 2 N–H and O–H groups in total. The van der Waals surface area contributed by atoms with Gasteiger partial charge in [0.25, 0.3) is 0 Å². The molecule has 0 saturated heterocycles. The number of aryl methyl sites for hydroxylation is 2. The maximum absolute atomic E-state index is 12.3. The normalized spacial score (nSPS) is 10.7. The number of H-pyrrole nitrogens is 1. The number of carbonyl (C=O) groups excluding carboxylic acids is 1. The molecule has 0 aliphatic heterocycles. The molecule has 5 nitrogen and oxygen atoms in total. The lowest BCUT2D eigenvalue weighted by Gasteiger charge is -2.20. The predicted octanol–water partition coefficient (Wildman–Crippen LogP) is 2.32. The molecule has 0 fully saturated rings. The molecule has 0 saturated carbocycles. The van der Waals surface area contributed by atoms with Crippen molar-refractivity contribution in [2.24, 2.45) is 0 Å². The van der Waals surface area contributed by atoms with Gasteiger partial charge in [-0.2, -0.15) is 0 Å². The van der Waals surface area contributed by atoms with Gasteiger partial charge < -0.3 is 15.0 Å². The molecule has 124 valence electrons. The summed E-state index contributed by atoms with van der Waals surface area (Å²) in [5.41, 5.74) is 2.59. The number of hydrogen-bond donors (Lipinski definition) is 2. The summed E-state index contributed by atoms with van der Waals surface area (Å²) in [7, 11) is 0. The summed E-state index contributed by atoms with van der Waals surface area (Å²) < 4.78 is 0. The van der Waals surface area contributed by atoms with Gasteiger partial charge >= 0.3 is 0 Å². The standard InChI is InChI=1S/C18H25N3O2/c1-2-15-6-8-16(9-7-15)4-3-5-18(23)21(12-13-22)14-17-19-10-11-20-17/h6-11,22H,2-5,12-14H2,1H3,(H,19,20). The van der Waals surface area contributed by atoms with Crippen molar-refractivity contribution in [2.45, 2.75) is 39.2 Å². The summed E-state index contributed by atoms with van der Waals surface area (Å²) in [6, 6.07) is 8.56. The molecule has 1 aromatic heterocycles. The Labute approximate surface area is 137 Å². The van der Waals surface area contributed by atoms with Gasteiger partial charge in [-0.25, -0.2) is 4.98 Å². The number of aromatic amines is 1. The lowest BCUT2D eigenvalue weighted by atomic mass is 10.0. The van der Waals surface area contributed by atoms with E-state index in [1.807, 2.05) is 0 Å². The largest absolute Gasteiger partial charge is 0.395 e. The van der Waals surface area contributed by atoms with Crippen LogP contribution in [0, 0.1) is 0 Å². The first-order valence-corrected chi connectivity index (χ1v) is 8.17. The third-order valence-electron chi connectivity index (χ3n) is 3.91. The van der Waals surface area contributed by atoms with E-state index in [2.05, 4.69) is 41.2 Å². The Morgan fingerprint density at radius 3 is 2.61 bits per heavy atom. The van der Waals surface area contributed by atoms with Crippen LogP contribution in [0.5, 0.6) is 0 Å². The number of nitrogens with zero attached hydrogens (tertiary/aromatic N) is 2. The average Bonchev–Trinajstić information content (AvgIpc) is 3.08. The van der Waals surface area contributed by atoms with Gasteiger partial charge in [0.05, 0.1) is 13.2 Å². The SMILES string of the molecule is CCc1ccc(CCCC(=O)N(CCO)Cc2ncc[nH]2)cc1. The van der Waals surface area contributed by atoms with Crippen molar-refractivity contribution in [3.05, 3.63) is 53.6 Å². The number of aliphatic hydroxyl groups is 1. The minimum absolute atomic E-state index is 0.0368. The van der Waals surface area contributed by atoms with Gasteiger partial charge in [-0.15, -0.1) is 0 Å². The molecule has 1 aromatic carbocycles. The van der Waals surface area contributed by atoms with Crippen LogP contribution in [0.25, 0.3) is 0 Å². The monoisotopic (exact) mass is 315 g/mol. The first kappa shape index (κ1) is 17.2. The van der Waals surface area contributed by atoms with E-state index in [1.165, 1.54) is 11.1 Å². The van der Waals surface area contributed by atoms with Gasteiger partial charge in [0.1, 0.15) is 5.82 Å². The van der Waals surface area contributed by atoms with E-state index >= 15 is 0 Å². The lowest BCUT2D eigenvalue weighted by Crippen LogP contribution is -2.33. The van der Waals surface area contributed by atoms with E-state index in [0.717, 1.165) is 25.1 Å². The molecule has 5 heteroatoms. The fourth-order valence-electron chi connectivity index (χ4n) is 2.52. The van der Waals surface area contributed by atoms with Crippen LogP contribution < -0.4 is 0 Å². The Bertz CT molecular complexity index is 579.